The Labute approximate surface area is 198 Å². The highest BCUT2D eigenvalue weighted by Gasteiger charge is 2.22. The van der Waals surface area contributed by atoms with Crippen LogP contribution in [0.5, 0.6) is 5.75 Å². The number of rotatable bonds is 7. The Balaban J connectivity index is 1.93. The summed E-state index contributed by atoms with van der Waals surface area (Å²) < 4.78 is 6.33. The lowest BCUT2D eigenvalue weighted by atomic mass is 9.93. The molecular formula is C26H29N3O5. The Kier molecular flexibility index (Phi) is 7.73. The predicted octanol–water partition coefficient (Wildman–Crippen LogP) is 4.19. The standard InChI is InChI=1S/C26H29N3O5/c1-5-34-22(31)15-20(27-26(33)28-24-21(30)12-13-29(4)25(24)32)18-10-7-11-19(14-18)23-16(2)8-6-9-17(23)3/h6-14,20,30H,5,15H2,1-4H3,(H2,27,28,33)/t20-/m0/s1. The molecule has 1 aromatic heterocycles. The van der Waals surface area contributed by atoms with Crippen LogP contribution in [-0.4, -0.2) is 28.3 Å². The van der Waals surface area contributed by atoms with Crippen molar-refractivity contribution in [1.82, 2.24) is 9.88 Å². The van der Waals surface area contributed by atoms with E-state index in [9.17, 15) is 19.5 Å². The zero-order valence-corrected chi connectivity index (χ0v) is 19.7. The Morgan fingerprint density at radius 1 is 1.09 bits per heavy atom. The number of aromatic hydroxyl groups is 1. The number of aromatic nitrogens is 1. The molecule has 3 rings (SSSR count). The predicted molar refractivity (Wildman–Crippen MR) is 131 cm³/mol. The molecule has 178 valence electrons. The van der Waals surface area contributed by atoms with Crippen LogP contribution in [-0.2, 0) is 16.6 Å². The van der Waals surface area contributed by atoms with Crippen molar-refractivity contribution < 1.29 is 19.4 Å². The number of nitrogens with zero attached hydrogens (tertiary/aromatic N) is 1. The van der Waals surface area contributed by atoms with E-state index >= 15 is 0 Å². The lowest BCUT2D eigenvalue weighted by Crippen LogP contribution is -2.36. The van der Waals surface area contributed by atoms with Crippen molar-refractivity contribution in [1.29, 1.82) is 0 Å². The zero-order chi connectivity index (χ0) is 24.8. The molecule has 0 unspecified atom stereocenters. The highest BCUT2D eigenvalue weighted by molar-refractivity contribution is 5.91. The van der Waals surface area contributed by atoms with Gasteiger partial charge in [-0.25, -0.2) is 4.79 Å². The molecule has 3 aromatic rings. The highest BCUT2D eigenvalue weighted by Crippen LogP contribution is 2.30. The van der Waals surface area contributed by atoms with E-state index in [4.69, 9.17) is 4.74 Å². The van der Waals surface area contributed by atoms with Gasteiger partial charge in [-0.3, -0.25) is 9.59 Å². The summed E-state index contributed by atoms with van der Waals surface area (Å²) in [6, 6.07) is 13.5. The minimum Gasteiger partial charge on any atom is -0.505 e. The van der Waals surface area contributed by atoms with Gasteiger partial charge in [-0.2, -0.15) is 0 Å². The largest absolute Gasteiger partial charge is 0.505 e. The van der Waals surface area contributed by atoms with Gasteiger partial charge in [0.25, 0.3) is 5.56 Å². The van der Waals surface area contributed by atoms with Crippen molar-refractivity contribution in [2.24, 2.45) is 7.05 Å². The van der Waals surface area contributed by atoms with Crippen LogP contribution in [0.25, 0.3) is 11.1 Å². The number of nitrogens with one attached hydrogen (secondary N) is 2. The van der Waals surface area contributed by atoms with Gasteiger partial charge in [-0.15, -0.1) is 0 Å². The molecule has 0 saturated heterocycles. The van der Waals surface area contributed by atoms with E-state index in [0.29, 0.717) is 5.56 Å². The van der Waals surface area contributed by atoms with Crippen molar-refractivity contribution in [3.05, 3.63) is 81.8 Å². The first-order valence-corrected chi connectivity index (χ1v) is 11.0. The summed E-state index contributed by atoms with van der Waals surface area (Å²) in [6.45, 7) is 5.99. The normalized spacial score (nSPS) is 11.5. The van der Waals surface area contributed by atoms with Crippen LogP contribution < -0.4 is 16.2 Å². The maximum absolute atomic E-state index is 12.8. The fourth-order valence-corrected chi connectivity index (χ4v) is 3.86. The van der Waals surface area contributed by atoms with Gasteiger partial charge in [-0.1, -0.05) is 36.4 Å². The lowest BCUT2D eigenvalue weighted by molar-refractivity contribution is -0.143. The molecule has 8 heteroatoms. The molecule has 0 fully saturated rings. The van der Waals surface area contributed by atoms with E-state index in [-0.39, 0.29) is 24.5 Å². The third-order valence-corrected chi connectivity index (χ3v) is 5.53. The van der Waals surface area contributed by atoms with E-state index in [1.165, 1.54) is 23.9 Å². The molecule has 0 aliphatic heterocycles. The summed E-state index contributed by atoms with van der Waals surface area (Å²) >= 11 is 0. The number of urea groups is 1. The van der Waals surface area contributed by atoms with E-state index in [2.05, 4.69) is 10.6 Å². The van der Waals surface area contributed by atoms with Gasteiger partial charge in [0.15, 0.2) is 5.69 Å². The molecule has 0 aliphatic rings. The number of hydrogen-bond acceptors (Lipinski definition) is 5. The molecule has 0 radical (unpaired) electrons. The molecule has 1 atom stereocenters. The Morgan fingerprint density at radius 3 is 2.44 bits per heavy atom. The van der Waals surface area contributed by atoms with E-state index in [0.717, 1.165) is 22.3 Å². The molecule has 2 aromatic carbocycles. The van der Waals surface area contributed by atoms with Gasteiger partial charge in [-0.05, 0) is 60.7 Å². The monoisotopic (exact) mass is 463 g/mol. The topological polar surface area (TPSA) is 110 Å². The van der Waals surface area contributed by atoms with Gasteiger partial charge in [0.05, 0.1) is 19.1 Å². The summed E-state index contributed by atoms with van der Waals surface area (Å²) in [6.07, 6.45) is 1.29. The zero-order valence-electron chi connectivity index (χ0n) is 19.7. The van der Waals surface area contributed by atoms with Crippen molar-refractivity contribution in [3.63, 3.8) is 0 Å². The number of carbonyl (C=O) groups is 2. The van der Waals surface area contributed by atoms with Crippen LogP contribution in [0.2, 0.25) is 0 Å². The number of carbonyl (C=O) groups excluding carboxylic acids is 2. The summed E-state index contributed by atoms with van der Waals surface area (Å²) in [5.74, 6) is -0.819. The van der Waals surface area contributed by atoms with E-state index in [1.807, 2.05) is 56.3 Å². The molecule has 0 aliphatic carbocycles. The van der Waals surface area contributed by atoms with Crippen LogP contribution in [0.4, 0.5) is 10.5 Å². The summed E-state index contributed by atoms with van der Waals surface area (Å²) in [5.41, 5.74) is 4.16. The van der Waals surface area contributed by atoms with Crippen LogP contribution in [0, 0.1) is 13.8 Å². The molecule has 3 N–H and O–H groups in total. The fourth-order valence-electron chi connectivity index (χ4n) is 3.86. The van der Waals surface area contributed by atoms with Crippen LogP contribution in [0.3, 0.4) is 0 Å². The fraction of sp³-hybridized carbons (Fsp3) is 0.269. The molecule has 0 bridgehead atoms. The second-order valence-corrected chi connectivity index (χ2v) is 8.04. The molecule has 8 nitrogen and oxygen atoms in total. The molecule has 2 amide bonds. The first-order chi connectivity index (χ1) is 16.2. The van der Waals surface area contributed by atoms with Crippen LogP contribution in [0.1, 0.15) is 36.1 Å². The first-order valence-electron chi connectivity index (χ1n) is 11.0. The Bertz CT molecular complexity index is 1250. The SMILES string of the molecule is CCOC(=O)C[C@H](NC(=O)Nc1c(O)ccn(C)c1=O)c1cccc(-c2c(C)cccc2C)c1. The van der Waals surface area contributed by atoms with Crippen LogP contribution >= 0.6 is 0 Å². The molecule has 1 heterocycles. The average Bonchev–Trinajstić information content (AvgIpc) is 2.79. The highest BCUT2D eigenvalue weighted by atomic mass is 16.5. The Hall–Kier alpha value is -4.07. The lowest BCUT2D eigenvalue weighted by Gasteiger charge is -2.20. The number of amides is 2. The number of benzene rings is 2. The third kappa shape index (κ3) is 5.64. The first kappa shape index (κ1) is 24.6. The number of pyridine rings is 1. The summed E-state index contributed by atoms with van der Waals surface area (Å²) in [5, 5.41) is 15.2. The minimum atomic E-state index is -0.731. The van der Waals surface area contributed by atoms with Gasteiger partial charge in [0, 0.05) is 13.2 Å². The third-order valence-electron chi connectivity index (χ3n) is 5.53. The van der Waals surface area contributed by atoms with Gasteiger partial charge in [0.1, 0.15) is 5.75 Å². The average molecular weight is 464 g/mol. The molecule has 0 spiro atoms. The van der Waals surface area contributed by atoms with Crippen LogP contribution in [0.15, 0.2) is 59.5 Å². The van der Waals surface area contributed by atoms with E-state index < -0.39 is 23.6 Å². The van der Waals surface area contributed by atoms with Gasteiger partial charge >= 0.3 is 12.0 Å². The Morgan fingerprint density at radius 2 is 1.76 bits per heavy atom. The summed E-state index contributed by atoms with van der Waals surface area (Å²) in [4.78, 5) is 37.4. The van der Waals surface area contributed by atoms with Crippen molar-refractivity contribution >= 4 is 17.7 Å². The second kappa shape index (κ2) is 10.7. The van der Waals surface area contributed by atoms with E-state index in [1.54, 1.807) is 6.92 Å². The number of ether oxygens (including phenoxy) is 1. The number of anilines is 1. The van der Waals surface area contributed by atoms with Crippen molar-refractivity contribution in [2.75, 3.05) is 11.9 Å². The van der Waals surface area contributed by atoms with Gasteiger partial charge in [0.2, 0.25) is 0 Å². The second-order valence-electron chi connectivity index (χ2n) is 8.04. The number of hydrogen-bond donors (Lipinski definition) is 3. The summed E-state index contributed by atoms with van der Waals surface area (Å²) in [7, 11) is 1.51. The maximum atomic E-state index is 12.8. The smallest absolute Gasteiger partial charge is 0.319 e. The van der Waals surface area contributed by atoms with Gasteiger partial charge < -0.3 is 25.0 Å². The number of esters is 1. The number of aryl methyl sites for hydroxylation is 3. The maximum Gasteiger partial charge on any atom is 0.319 e. The van der Waals surface area contributed by atoms with Crippen molar-refractivity contribution in [2.45, 2.75) is 33.2 Å². The molecule has 34 heavy (non-hydrogen) atoms. The molecule has 0 saturated carbocycles. The quantitative estimate of drug-likeness (QED) is 0.455. The molecular weight excluding hydrogens is 434 g/mol. The van der Waals surface area contributed by atoms with Crippen molar-refractivity contribution in [3.8, 4) is 16.9 Å². The minimum absolute atomic E-state index is 0.101.